The molecule has 0 radical (unpaired) electrons. The Kier molecular flexibility index (Phi) is 7.25. The van der Waals surface area contributed by atoms with E-state index in [4.69, 9.17) is 9.47 Å². The van der Waals surface area contributed by atoms with Gasteiger partial charge in [0, 0.05) is 11.8 Å². The molecule has 28 heavy (non-hydrogen) atoms. The number of hydrogen-bond donors (Lipinski definition) is 1. The number of carbonyl (C=O) groups excluding carboxylic acids is 2. The molecule has 0 aliphatic rings. The average molecular weight is 397 g/mol. The molecular weight excluding hydrogens is 379 g/mol. The van der Waals surface area contributed by atoms with Crippen LogP contribution in [0.4, 0.5) is 18.9 Å². The number of anilines is 1. The van der Waals surface area contributed by atoms with Crippen molar-refractivity contribution in [2.45, 2.75) is 19.7 Å². The number of nitrogens with one attached hydrogen (secondary N) is 1. The summed E-state index contributed by atoms with van der Waals surface area (Å²) < 4.78 is 51.0. The molecule has 6 nitrogen and oxygen atoms in total. The monoisotopic (exact) mass is 397 g/mol. The maximum absolute atomic E-state index is 12.1. The Balaban J connectivity index is 1.94. The van der Waals surface area contributed by atoms with Crippen LogP contribution >= 0.6 is 0 Å². The maximum atomic E-state index is 12.1. The van der Waals surface area contributed by atoms with Crippen molar-refractivity contribution in [3.05, 3.63) is 48.0 Å². The Hall–Kier alpha value is -3.23. The first kappa shape index (κ1) is 21.1. The first-order valence-corrected chi connectivity index (χ1v) is 8.31. The Morgan fingerprint density at radius 3 is 2.36 bits per heavy atom. The van der Waals surface area contributed by atoms with E-state index in [1.165, 1.54) is 24.3 Å². The Bertz CT molecular complexity index is 806. The number of ether oxygens (including phenoxy) is 3. The summed E-state index contributed by atoms with van der Waals surface area (Å²) in [4.78, 5) is 23.1. The number of hydrogen-bond acceptors (Lipinski definition) is 5. The van der Waals surface area contributed by atoms with E-state index in [1.807, 2.05) is 6.92 Å². The average Bonchev–Trinajstić information content (AvgIpc) is 2.65. The second-order valence-electron chi connectivity index (χ2n) is 5.57. The van der Waals surface area contributed by atoms with Crippen molar-refractivity contribution < 1.29 is 37.0 Å². The fourth-order valence-electron chi connectivity index (χ4n) is 2.13. The van der Waals surface area contributed by atoms with Gasteiger partial charge in [0.1, 0.15) is 17.2 Å². The zero-order valence-electron chi connectivity index (χ0n) is 14.9. The zero-order valence-corrected chi connectivity index (χ0v) is 14.9. The van der Waals surface area contributed by atoms with E-state index in [-0.39, 0.29) is 17.0 Å². The van der Waals surface area contributed by atoms with Gasteiger partial charge in [-0.2, -0.15) is 0 Å². The molecule has 0 aliphatic carbocycles. The van der Waals surface area contributed by atoms with Gasteiger partial charge in [-0.05, 0) is 42.8 Å². The SMILES string of the molecule is CCCOc1ccc(C=O)c(OCC(=O)Nc2ccc(OC(F)(F)F)cc2)c1. The molecular formula is C19H18F3NO5. The lowest BCUT2D eigenvalue weighted by Crippen LogP contribution is -2.20. The van der Waals surface area contributed by atoms with Crippen molar-refractivity contribution in [1.29, 1.82) is 0 Å². The lowest BCUT2D eigenvalue weighted by molar-refractivity contribution is -0.274. The van der Waals surface area contributed by atoms with Crippen LogP contribution in [0.2, 0.25) is 0 Å². The van der Waals surface area contributed by atoms with Gasteiger partial charge in [0.2, 0.25) is 0 Å². The summed E-state index contributed by atoms with van der Waals surface area (Å²) in [5.74, 6) is -0.265. The number of rotatable bonds is 9. The fraction of sp³-hybridized carbons (Fsp3) is 0.263. The highest BCUT2D eigenvalue weighted by Gasteiger charge is 2.30. The molecule has 1 N–H and O–H groups in total. The van der Waals surface area contributed by atoms with E-state index >= 15 is 0 Å². The molecule has 0 heterocycles. The lowest BCUT2D eigenvalue weighted by atomic mass is 10.2. The predicted molar refractivity (Wildman–Crippen MR) is 94.9 cm³/mol. The van der Waals surface area contributed by atoms with Crippen LogP contribution in [-0.2, 0) is 4.79 Å². The molecule has 0 bridgehead atoms. The summed E-state index contributed by atoms with van der Waals surface area (Å²) in [7, 11) is 0. The number of amides is 1. The minimum atomic E-state index is -4.79. The van der Waals surface area contributed by atoms with Crippen LogP contribution < -0.4 is 19.5 Å². The predicted octanol–water partition coefficient (Wildman–Crippen LogP) is 4.20. The molecule has 0 spiro atoms. The lowest BCUT2D eigenvalue weighted by Gasteiger charge is -2.12. The van der Waals surface area contributed by atoms with Crippen LogP contribution in [-0.4, -0.2) is 31.8 Å². The van der Waals surface area contributed by atoms with E-state index in [0.717, 1.165) is 18.6 Å². The molecule has 0 saturated heterocycles. The number of alkyl halides is 3. The molecule has 0 aliphatic heterocycles. The minimum Gasteiger partial charge on any atom is -0.493 e. The smallest absolute Gasteiger partial charge is 0.493 e. The zero-order chi connectivity index (χ0) is 20.6. The van der Waals surface area contributed by atoms with Gasteiger partial charge in [0.25, 0.3) is 5.91 Å². The summed E-state index contributed by atoms with van der Waals surface area (Å²) in [6, 6.07) is 9.31. The van der Waals surface area contributed by atoms with Gasteiger partial charge in [-0.25, -0.2) is 0 Å². The summed E-state index contributed by atoms with van der Waals surface area (Å²) >= 11 is 0. The highest BCUT2D eigenvalue weighted by molar-refractivity contribution is 5.92. The first-order chi connectivity index (χ1) is 13.3. The Morgan fingerprint density at radius 2 is 1.75 bits per heavy atom. The van der Waals surface area contributed by atoms with E-state index in [2.05, 4.69) is 10.1 Å². The molecule has 0 saturated carbocycles. The molecule has 150 valence electrons. The third kappa shape index (κ3) is 6.82. The van der Waals surface area contributed by atoms with Gasteiger partial charge >= 0.3 is 6.36 Å². The summed E-state index contributed by atoms with van der Waals surface area (Å²) in [5, 5.41) is 2.47. The maximum Gasteiger partial charge on any atom is 0.573 e. The number of halogens is 3. The molecule has 0 aromatic heterocycles. The van der Waals surface area contributed by atoms with Gasteiger partial charge in [0.15, 0.2) is 12.9 Å². The van der Waals surface area contributed by atoms with Crippen molar-refractivity contribution in [1.82, 2.24) is 0 Å². The van der Waals surface area contributed by atoms with Crippen molar-refractivity contribution in [2.75, 3.05) is 18.5 Å². The van der Waals surface area contributed by atoms with Gasteiger partial charge in [-0.3, -0.25) is 9.59 Å². The number of benzene rings is 2. The van der Waals surface area contributed by atoms with Crippen LogP contribution in [0.5, 0.6) is 17.2 Å². The molecule has 2 aromatic carbocycles. The largest absolute Gasteiger partial charge is 0.573 e. The van der Waals surface area contributed by atoms with Gasteiger partial charge < -0.3 is 19.5 Å². The Morgan fingerprint density at radius 1 is 1.07 bits per heavy atom. The minimum absolute atomic E-state index is 0.188. The molecule has 9 heteroatoms. The molecule has 2 aromatic rings. The van der Waals surface area contributed by atoms with Crippen LogP contribution in [0.25, 0.3) is 0 Å². The standard InChI is InChI=1S/C19H18F3NO5/c1-2-9-26-16-6-3-13(11-24)17(10-16)27-12-18(25)23-14-4-7-15(8-5-14)28-19(20,21)22/h3-8,10-11H,2,9,12H2,1H3,(H,23,25). The van der Waals surface area contributed by atoms with E-state index in [1.54, 1.807) is 6.07 Å². The third-order valence-corrected chi connectivity index (χ3v) is 3.32. The normalized spacial score (nSPS) is 10.9. The third-order valence-electron chi connectivity index (χ3n) is 3.32. The highest BCUT2D eigenvalue weighted by atomic mass is 19.4. The van der Waals surface area contributed by atoms with E-state index < -0.39 is 24.6 Å². The summed E-state index contributed by atoms with van der Waals surface area (Å²) in [6.07, 6.45) is -3.39. The fourth-order valence-corrected chi connectivity index (χ4v) is 2.13. The van der Waals surface area contributed by atoms with E-state index in [0.29, 0.717) is 18.6 Å². The van der Waals surface area contributed by atoms with Crippen molar-refractivity contribution >= 4 is 17.9 Å². The number of aldehydes is 1. The Labute approximate surface area is 159 Å². The summed E-state index contributed by atoms with van der Waals surface area (Å²) in [5.41, 5.74) is 0.518. The molecule has 0 fully saturated rings. The van der Waals surface area contributed by atoms with Crippen LogP contribution in [0.15, 0.2) is 42.5 Å². The van der Waals surface area contributed by atoms with Gasteiger partial charge in [-0.15, -0.1) is 13.2 Å². The quantitative estimate of drug-likeness (QED) is 0.642. The van der Waals surface area contributed by atoms with Crippen LogP contribution in [0.3, 0.4) is 0 Å². The number of carbonyl (C=O) groups is 2. The second kappa shape index (κ2) is 9.63. The topological polar surface area (TPSA) is 73.9 Å². The van der Waals surface area contributed by atoms with Crippen molar-refractivity contribution in [2.24, 2.45) is 0 Å². The van der Waals surface area contributed by atoms with Gasteiger partial charge in [0.05, 0.1) is 12.2 Å². The van der Waals surface area contributed by atoms with Crippen LogP contribution in [0, 0.1) is 0 Å². The van der Waals surface area contributed by atoms with Crippen molar-refractivity contribution in [3.63, 3.8) is 0 Å². The molecule has 0 unspecified atom stereocenters. The first-order valence-electron chi connectivity index (χ1n) is 8.31. The van der Waals surface area contributed by atoms with Gasteiger partial charge in [-0.1, -0.05) is 6.92 Å². The molecule has 2 rings (SSSR count). The van der Waals surface area contributed by atoms with E-state index in [9.17, 15) is 22.8 Å². The molecule has 0 atom stereocenters. The second-order valence-corrected chi connectivity index (χ2v) is 5.57. The van der Waals surface area contributed by atoms with Crippen molar-refractivity contribution in [3.8, 4) is 17.2 Å². The van der Waals surface area contributed by atoms with Crippen LogP contribution in [0.1, 0.15) is 23.7 Å². The molecule has 1 amide bonds. The summed E-state index contributed by atoms with van der Waals surface area (Å²) in [6.45, 7) is 2.04. The highest BCUT2D eigenvalue weighted by Crippen LogP contribution is 2.25.